The molecule has 6 nitrogen and oxygen atoms in total. The van der Waals surface area contributed by atoms with Gasteiger partial charge in [0, 0.05) is 24.3 Å². The van der Waals surface area contributed by atoms with Crippen LogP contribution in [0.4, 0.5) is 11.4 Å². The molecule has 0 radical (unpaired) electrons. The second kappa shape index (κ2) is 9.57. The molecule has 158 valence electrons. The standard InChI is InChI=1S/C24H28N2O4/c1-4-16(2)20-8-5-6-9-21(20)25-23(28)17(3)30-24(29)18-11-13-19(14-12-18)26-15-7-10-22(26)27/h5-6,8-9,11-14,16-17H,4,7,10,15H2,1-3H3,(H,25,28)/t16-,17-/m1/s1. The molecule has 2 aromatic rings. The maximum Gasteiger partial charge on any atom is 0.338 e. The zero-order valence-electron chi connectivity index (χ0n) is 17.7. The van der Waals surface area contributed by atoms with Crippen molar-refractivity contribution in [3.63, 3.8) is 0 Å². The zero-order chi connectivity index (χ0) is 21.7. The van der Waals surface area contributed by atoms with Crippen molar-refractivity contribution in [2.45, 2.75) is 52.1 Å². The summed E-state index contributed by atoms with van der Waals surface area (Å²) in [4.78, 5) is 38.6. The summed E-state index contributed by atoms with van der Waals surface area (Å²) in [6.07, 6.45) is 1.41. The van der Waals surface area contributed by atoms with Gasteiger partial charge in [0.25, 0.3) is 5.91 Å². The van der Waals surface area contributed by atoms with Crippen LogP contribution in [-0.4, -0.2) is 30.4 Å². The van der Waals surface area contributed by atoms with E-state index in [0.717, 1.165) is 29.8 Å². The number of rotatable bonds is 7. The van der Waals surface area contributed by atoms with E-state index < -0.39 is 12.1 Å². The maximum atomic E-state index is 12.6. The van der Waals surface area contributed by atoms with Crippen molar-refractivity contribution in [3.05, 3.63) is 59.7 Å². The van der Waals surface area contributed by atoms with E-state index in [1.54, 1.807) is 36.1 Å². The number of nitrogens with one attached hydrogen (secondary N) is 1. The highest BCUT2D eigenvalue weighted by molar-refractivity contribution is 5.99. The number of carbonyl (C=O) groups is 3. The van der Waals surface area contributed by atoms with E-state index in [1.807, 2.05) is 24.3 Å². The van der Waals surface area contributed by atoms with Gasteiger partial charge >= 0.3 is 5.97 Å². The SMILES string of the molecule is CC[C@@H](C)c1ccccc1NC(=O)[C@@H](C)OC(=O)c1ccc(N2CCCC2=O)cc1. The fourth-order valence-electron chi connectivity index (χ4n) is 3.48. The summed E-state index contributed by atoms with van der Waals surface area (Å²) in [6.45, 7) is 6.45. The first-order valence-electron chi connectivity index (χ1n) is 10.4. The summed E-state index contributed by atoms with van der Waals surface area (Å²) in [5, 5.41) is 2.87. The smallest absolute Gasteiger partial charge is 0.338 e. The van der Waals surface area contributed by atoms with Gasteiger partial charge in [-0.1, -0.05) is 32.0 Å². The van der Waals surface area contributed by atoms with Crippen molar-refractivity contribution < 1.29 is 19.1 Å². The molecule has 6 heteroatoms. The number of amides is 2. The molecule has 0 aliphatic carbocycles. The van der Waals surface area contributed by atoms with E-state index in [-0.39, 0.29) is 11.8 Å². The van der Waals surface area contributed by atoms with E-state index in [9.17, 15) is 14.4 Å². The van der Waals surface area contributed by atoms with E-state index in [2.05, 4.69) is 19.2 Å². The highest BCUT2D eigenvalue weighted by atomic mass is 16.5. The lowest BCUT2D eigenvalue weighted by molar-refractivity contribution is -0.123. The van der Waals surface area contributed by atoms with Gasteiger partial charge in [0.2, 0.25) is 5.91 Å². The molecule has 0 bridgehead atoms. The van der Waals surface area contributed by atoms with Crippen molar-refractivity contribution >= 4 is 29.2 Å². The highest BCUT2D eigenvalue weighted by Gasteiger charge is 2.23. The quantitative estimate of drug-likeness (QED) is 0.684. The fourth-order valence-corrected chi connectivity index (χ4v) is 3.48. The molecule has 0 spiro atoms. The minimum absolute atomic E-state index is 0.0910. The van der Waals surface area contributed by atoms with Crippen LogP contribution in [0, 0.1) is 0 Å². The minimum atomic E-state index is -0.942. The zero-order valence-corrected chi connectivity index (χ0v) is 17.7. The predicted octanol–water partition coefficient (Wildman–Crippen LogP) is 4.51. The largest absolute Gasteiger partial charge is 0.449 e. The van der Waals surface area contributed by atoms with Crippen LogP contribution in [0.25, 0.3) is 0 Å². The first kappa shape index (κ1) is 21.6. The number of ether oxygens (including phenoxy) is 1. The second-order valence-electron chi connectivity index (χ2n) is 7.63. The average molecular weight is 408 g/mol. The van der Waals surface area contributed by atoms with Crippen LogP contribution >= 0.6 is 0 Å². The summed E-state index contributed by atoms with van der Waals surface area (Å²) in [6, 6.07) is 14.3. The van der Waals surface area contributed by atoms with E-state index in [0.29, 0.717) is 24.4 Å². The number of hydrogen-bond donors (Lipinski definition) is 1. The number of para-hydroxylation sites is 1. The van der Waals surface area contributed by atoms with Crippen LogP contribution in [0.3, 0.4) is 0 Å². The molecule has 1 heterocycles. The van der Waals surface area contributed by atoms with Gasteiger partial charge in [0.15, 0.2) is 6.10 Å². The first-order chi connectivity index (χ1) is 14.4. The Morgan fingerprint density at radius 2 is 1.80 bits per heavy atom. The van der Waals surface area contributed by atoms with Crippen molar-refractivity contribution in [2.24, 2.45) is 0 Å². The third kappa shape index (κ3) is 4.87. The Morgan fingerprint density at radius 3 is 2.43 bits per heavy atom. The van der Waals surface area contributed by atoms with Gasteiger partial charge in [-0.2, -0.15) is 0 Å². The van der Waals surface area contributed by atoms with Crippen LogP contribution in [-0.2, 0) is 14.3 Å². The third-order valence-corrected chi connectivity index (χ3v) is 5.50. The van der Waals surface area contributed by atoms with Gasteiger partial charge in [-0.25, -0.2) is 4.79 Å². The molecule has 1 fully saturated rings. The normalized spacial score (nSPS) is 15.6. The second-order valence-corrected chi connectivity index (χ2v) is 7.63. The van der Waals surface area contributed by atoms with Crippen LogP contribution in [0.2, 0.25) is 0 Å². The monoisotopic (exact) mass is 408 g/mol. The van der Waals surface area contributed by atoms with Gasteiger partial charge in [-0.15, -0.1) is 0 Å². The summed E-state index contributed by atoms with van der Waals surface area (Å²) >= 11 is 0. The summed E-state index contributed by atoms with van der Waals surface area (Å²) in [7, 11) is 0. The number of benzene rings is 2. The van der Waals surface area contributed by atoms with Crippen LogP contribution in [0.5, 0.6) is 0 Å². The lowest BCUT2D eigenvalue weighted by Gasteiger charge is -2.18. The van der Waals surface area contributed by atoms with Crippen LogP contribution in [0.1, 0.15) is 61.9 Å². The molecule has 1 saturated heterocycles. The molecule has 2 aromatic carbocycles. The van der Waals surface area contributed by atoms with Crippen LogP contribution < -0.4 is 10.2 Å². The Morgan fingerprint density at radius 1 is 1.10 bits per heavy atom. The van der Waals surface area contributed by atoms with E-state index >= 15 is 0 Å². The molecule has 1 aliphatic rings. The molecule has 30 heavy (non-hydrogen) atoms. The minimum Gasteiger partial charge on any atom is -0.449 e. The van der Waals surface area contributed by atoms with Crippen molar-refractivity contribution in [1.82, 2.24) is 0 Å². The number of nitrogens with zero attached hydrogens (tertiary/aromatic N) is 1. The van der Waals surface area contributed by atoms with Gasteiger partial charge in [-0.05, 0) is 61.6 Å². The molecule has 1 aliphatic heterocycles. The van der Waals surface area contributed by atoms with Gasteiger partial charge in [-0.3, -0.25) is 9.59 Å². The fraction of sp³-hybridized carbons (Fsp3) is 0.375. The molecular weight excluding hydrogens is 380 g/mol. The van der Waals surface area contributed by atoms with Gasteiger partial charge < -0.3 is 15.0 Å². The van der Waals surface area contributed by atoms with Crippen LogP contribution in [0.15, 0.2) is 48.5 Å². The Balaban J connectivity index is 1.61. The Labute approximate surface area is 177 Å². The number of anilines is 2. The topological polar surface area (TPSA) is 75.7 Å². The molecule has 2 atom stereocenters. The Kier molecular flexibility index (Phi) is 6.87. The summed E-state index contributed by atoms with van der Waals surface area (Å²) in [5.41, 5.74) is 2.89. The van der Waals surface area contributed by atoms with Crippen molar-refractivity contribution in [1.29, 1.82) is 0 Å². The predicted molar refractivity (Wildman–Crippen MR) is 117 cm³/mol. The molecule has 3 rings (SSSR count). The Bertz CT molecular complexity index is 923. The highest BCUT2D eigenvalue weighted by Crippen LogP contribution is 2.27. The van der Waals surface area contributed by atoms with E-state index in [4.69, 9.17) is 4.74 Å². The first-order valence-corrected chi connectivity index (χ1v) is 10.4. The van der Waals surface area contributed by atoms with Gasteiger partial charge in [0.1, 0.15) is 0 Å². The summed E-state index contributed by atoms with van der Waals surface area (Å²) in [5.74, 6) is -0.556. The lowest BCUT2D eigenvalue weighted by Crippen LogP contribution is -2.30. The molecule has 0 aromatic heterocycles. The van der Waals surface area contributed by atoms with Crippen molar-refractivity contribution in [2.75, 3.05) is 16.8 Å². The number of carbonyl (C=O) groups excluding carboxylic acids is 3. The lowest BCUT2D eigenvalue weighted by atomic mass is 9.97. The average Bonchev–Trinajstić information content (AvgIpc) is 3.19. The molecule has 0 saturated carbocycles. The number of esters is 1. The third-order valence-electron chi connectivity index (χ3n) is 5.50. The van der Waals surface area contributed by atoms with Crippen molar-refractivity contribution in [3.8, 4) is 0 Å². The molecule has 0 unspecified atom stereocenters. The summed E-state index contributed by atoms with van der Waals surface area (Å²) < 4.78 is 5.35. The number of hydrogen-bond acceptors (Lipinski definition) is 4. The van der Waals surface area contributed by atoms with E-state index in [1.165, 1.54) is 0 Å². The van der Waals surface area contributed by atoms with Gasteiger partial charge in [0.05, 0.1) is 5.56 Å². The maximum absolute atomic E-state index is 12.6. The molecule has 1 N–H and O–H groups in total. The molecule has 2 amide bonds. The Hall–Kier alpha value is -3.15. The molecular formula is C24H28N2O4.